The molecule has 0 heterocycles. The monoisotopic (exact) mass is 518 g/mol. The number of nitrogens with one attached hydrogen (secondary N) is 1. The van der Waals surface area contributed by atoms with Crippen molar-refractivity contribution >= 4 is 21.5 Å². The molecule has 0 saturated carbocycles. The largest absolute Gasteiger partial charge is 0.356 e. The van der Waals surface area contributed by atoms with Gasteiger partial charge in [-0.25, -0.2) is 8.42 Å². The number of amides is 1. The second-order valence-electron chi connectivity index (χ2n) is 9.17. The Morgan fingerprint density at radius 2 is 1.43 bits per heavy atom. The zero-order valence-corrected chi connectivity index (χ0v) is 21.9. The van der Waals surface area contributed by atoms with Crippen LogP contribution in [0.4, 0.5) is 0 Å². The summed E-state index contributed by atoms with van der Waals surface area (Å²) in [6.07, 6.45) is 0.247. The molecule has 37 heavy (non-hydrogen) atoms. The first-order valence-corrected chi connectivity index (χ1v) is 13.8. The molecule has 3 aromatic rings. The van der Waals surface area contributed by atoms with Crippen molar-refractivity contribution < 1.29 is 22.7 Å². The number of carbonyl (C=O) groups excluding carboxylic acids is 2. The molecule has 2 atom stereocenters. The normalized spacial score (nSPS) is 12.9. The van der Waals surface area contributed by atoms with Crippen LogP contribution >= 0.6 is 0 Å². The predicted octanol–water partition coefficient (Wildman–Crippen LogP) is 4.48. The summed E-state index contributed by atoms with van der Waals surface area (Å²) in [6, 6.07) is 24.2. The summed E-state index contributed by atoms with van der Waals surface area (Å²) in [5, 5.41) is 11.5. The first kappa shape index (κ1) is 27.8. The Labute approximate surface area is 218 Å². The SMILES string of the molecule is CC(C)C[C@H](O[C@H](c1ccccc1)c1ccc(C(=O)c2ccc(S(C)(=O)=O)cc2)cc1)C(=O)NCC#N. The number of rotatable bonds is 11. The zero-order chi connectivity index (χ0) is 27.0. The van der Waals surface area contributed by atoms with Gasteiger partial charge in [-0.15, -0.1) is 0 Å². The van der Waals surface area contributed by atoms with E-state index in [0.29, 0.717) is 17.5 Å². The molecule has 3 aromatic carbocycles. The molecule has 0 unspecified atom stereocenters. The van der Waals surface area contributed by atoms with E-state index in [-0.39, 0.29) is 29.0 Å². The van der Waals surface area contributed by atoms with Crippen LogP contribution < -0.4 is 5.32 Å². The van der Waals surface area contributed by atoms with Crippen molar-refractivity contribution in [1.82, 2.24) is 5.32 Å². The molecule has 0 bridgehead atoms. The van der Waals surface area contributed by atoms with Crippen molar-refractivity contribution in [2.45, 2.75) is 37.4 Å². The summed E-state index contributed by atoms with van der Waals surface area (Å²) < 4.78 is 29.8. The predicted molar refractivity (Wildman–Crippen MR) is 141 cm³/mol. The lowest BCUT2D eigenvalue weighted by molar-refractivity contribution is -0.136. The molecule has 0 aliphatic carbocycles. The van der Waals surface area contributed by atoms with Gasteiger partial charge in [0.1, 0.15) is 18.8 Å². The van der Waals surface area contributed by atoms with E-state index in [1.54, 1.807) is 24.3 Å². The summed E-state index contributed by atoms with van der Waals surface area (Å²) in [5.74, 6) is -0.402. The average molecular weight is 519 g/mol. The van der Waals surface area contributed by atoms with E-state index < -0.39 is 22.0 Å². The minimum Gasteiger partial charge on any atom is -0.356 e. The molecule has 3 rings (SSSR count). The van der Waals surface area contributed by atoms with E-state index >= 15 is 0 Å². The first-order chi connectivity index (χ1) is 17.6. The van der Waals surface area contributed by atoms with Crippen molar-refractivity contribution in [2.24, 2.45) is 5.92 Å². The maximum Gasteiger partial charge on any atom is 0.250 e. The van der Waals surface area contributed by atoms with Gasteiger partial charge in [-0.1, -0.05) is 68.4 Å². The molecule has 0 aliphatic heterocycles. The third-order valence-electron chi connectivity index (χ3n) is 5.74. The van der Waals surface area contributed by atoms with E-state index in [1.165, 1.54) is 24.3 Å². The fourth-order valence-corrected chi connectivity index (χ4v) is 4.49. The van der Waals surface area contributed by atoms with E-state index in [4.69, 9.17) is 10.00 Å². The Bertz CT molecular complexity index is 1360. The molecule has 0 spiro atoms. The molecule has 0 fully saturated rings. The Hall–Kier alpha value is -3.80. The van der Waals surface area contributed by atoms with E-state index in [1.807, 2.05) is 50.2 Å². The van der Waals surface area contributed by atoms with Crippen LogP contribution in [0.15, 0.2) is 83.8 Å². The standard InChI is InChI=1S/C29H30N2O5S/c1-20(2)19-26(29(33)31-18-17-30)36-28(23-7-5-4-6-8-23)24-11-9-21(10-12-24)27(32)22-13-15-25(16-14-22)37(3,34)35/h4-16,20,26,28H,18-19H2,1-3H3,(H,31,33)/t26-,28+/m0/s1. The van der Waals surface area contributed by atoms with Gasteiger partial charge in [0.25, 0.3) is 0 Å². The maximum atomic E-state index is 13.0. The molecule has 192 valence electrons. The van der Waals surface area contributed by atoms with Gasteiger partial charge in [0.05, 0.1) is 11.0 Å². The fourth-order valence-electron chi connectivity index (χ4n) is 3.86. The van der Waals surface area contributed by atoms with Gasteiger partial charge in [0.15, 0.2) is 15.6 Å². The smallest absolute Gasteiger partial charge is 0.250 e. The average Bonchev–Trinajstić information content (AvgIpc) is 2.89. The lowest BCUT2D eigenvalue weighted by Gasteiger charge is -2.26. The summed E-state index contributed by atoms with van der Waals surface area (Å²) in [6.45, 7) is 3.89. The van der Waals surface area contributed by atoms with E-state index in [9.17, 15) is 18.0 Å². The van der Waals surface area contributed by atoms with Crippen LogP contribution in [0.2, 0.25) is 0 Å². The van der Waals surface area contributed by atoms with Crippen LogP contribution in [-0.4, -0.2) is 39.0 Å². The van der Waals surface area contributed by atoms with Crippen LogP contribution in [0.5, 0.6) is 0 Å². The fraction of sp³-hybridized carbons (Fsp3) is 0.276. The number of ketones is 1. The van der Waals surface area contributed by atoms with Crippen molar-refractivity contribution in [3.05, 3.63) is 101 Å². The number of benzene rings is 3. The molecule has 8 heteroatoms. The minimum atomic E-state index is -3.35. The van der Waals surface area contributed by atoms with Crippen molar-refractivity contribution in [2.75, 3.05) is 12.8 Å². The summed E-state index contributed by atoms with van der Waals surface area (Å²) >= 11 is 0. The van der Waals surface area contributed by atoms with Crippen LogP contribution in [0.25, 0.3) is 0 Å². The Morgan fingerprint density at radius 3 is 1.95 bits per heavy atom. The molecule has 0 radical (unpaired) electrons. The van der Waals surface area contributed by atoms with Gasteiger partial charge >= 0.3 is 0 Å². The number of hydrogen-bond donors (Lipinski definition) is 1. The molecule has 1 amide bonds. The summed E-state index contributed by atoms with van der Waals surface area (Å²) in [7, 11) is -3.35. The van der Waals surface area contributed by atoms with Crippen molar-refractivity contribution in [3.8, 4) is 6.07 Å². The molecule has 0 saturated heterocycles. The quantitative estimate of drug-likeness (QED) is 0.296. The number of carbonyl (C=O) groups is 2. The molecule has 0 aromatic heterocycles. The lowest BCUT2D eigenvalue weighted by atomic mass is 9.97. The highest BCUT2D eigenvalue weighted by molar-refractivity contribution is 7.90. The Morgan fingerprint density at radius 1 is 0.892 bits per heavy atom. The molecular weight excluding hydrogens is 488 g/mol. The van der Waals surface area contributed by atoms with Crippen LogP contribution in [0, 0.1) is 17.2 Å². The van der Waals surface area contributed by atoms with Gasteiger partial charge in [0.2, 0.25) is 5.91 Å². The lowest BCUT2D eigenvalue weighted by Crippen LogP contribution is -2.38. The van der Waals surface area contributed by atoms with Crippen LogP contribution in [-0.2, 0) is 19.4 Å². The van der Waals surface area contributed by atoms with Crippen molar-refractivity contribution in [3.63, 3.8) is 0 Å². The molecule has 7 nitrogen and oxygen atoms in total. The third-order valence-corrected chi connectivity index (χ3v) is 6.87. The van der Waals surface area contributed by atoms with Gasteiger partial charge in [0, 0.05) is 17.4 Å². The van der Waals surface area contributed by atoms with Crippen molar-refractivity contribution in [1.29, 1.82) is 5.26 Å². The second-order valence-corrected chi connectivity index (χ2v) is 11.2. The van der Waals surface area contributed by atoms with Crippen LogP contribution in [0.1, 0.15) is 53.4 Å². The van der Waals surface area contributed by atoms with E-state index in [2.05, 4.69) is 5.32 Å². The van der Waals surface area contributed by atoms with Gasteiger partial charge in [-0.2, -0.15) is 5.26 Å². The number of ether oxygens (including phenoxy) is 1. The highest BCUT2D eigenvalue weighted by Gasteiger charge is 2.26. The topological polar surface area (TPSA) is 113 Å². The molecular formula is C29H30N2O5S. The van der Waals surface area contributed by atoms with Gasteiger partial charge in [-0.3, -0.25) is 9.59 Å². The second kappa shape index (κ2) is 12.4. The van der Waals surface area contributed by atoms with Crippen LogP contribution in [0.3, 0.4) is 0 Å². The Kier molecular flexibility index (Phi) is 9.34. The Balaban J connectivity index is 1.89. The minimum absolute atomic E-state index is 0.102. The van der Waals surface area contributed by atoms with E-state index in [0.717, 1.165) is 17.4 Å². The summed E-state index contributed by atoms with van der Waals surface area (Å²) in [5.41, 5.74) is 2.42. The highest BCUT2D eigenvalue weighted by atomic mass is 32.2. The highest BCUT2D eigenvalue weighted by Crippen LogP contribution is 2.29. The van der Waals surface area contributed by atoms with Gasteiger partial charge < -0.3 is 10.1 Å². The third kappa shape index (κ3) is 7.59. The number of hydrogen-bond acceptors (Lipinski definition) is 6. The summed E-state index contributed by atoms with van der Waals surface area (Å²) in [4.78, 5) is 25.9. The van der Waals surface area contributed by atoms with Gasteiger partial charge in [-0.05, 0) is 47.7 Å². The first-order valence-electron chi connectivity index (χ1n) is 11.9. The maximum absolute atomic E-state index is 13.0. The number of nitrogens with zero attached hydrogens (tertiary/aromatic N) is 1. The zero-order valence-electron chi connectivity index (χ0n) is 21.0. The number of sulfone groups is 1. The molecule has 0 aliphatic rings. The molecule has 1 N–H and O–H groups in total. The number of nitriles is 1.